The van der Waals surface area contributed by atoms with Gasteiger partial charge in [0.1, 0.15) is 0 Å². The number of rotatable bonds is 7. The maximum absolute atomic E-state index is 12.7. The molecule has 20 heavy (non-hydrogen) atoms. The van der Waals surface area contributed by atoms with Crippen molar-refractivity contribution in [2.75, 3.05) is 14.2 Å². The van der Waals surface area contributed by atoms with E-state index in [-0.39, 0.29) is 12.1 Å². The number of halogens is 3. The van der Waals surface area contributed by atoms with E-state index >= 15 is 0 Å². The largest absolute Gasteiger partial charge is 0.416 e. The molecule has 5 heteroatoms. The monoisotopic (exact) mass is 289 g/mol. The van der Waals surface area contributed by atoms with Crippen LogP contribution >= 0.6 is 0 Å². The molecule has 1 aromatic rings. The first-order chi connectivity index (χ1) is 9.42. The van der Waals surface area contributed by atoms with Crippen molar-refractivity contribution in [1.82, 2.24) is 5.32 Å². The number of methoxy groups -OCH3 is 1. The van der Waals surface area contributed by atoms with Crippen LogP contribution in [0.5, 0.6) is 0 Å². The maximum Gasteiger partial charge on any atom is 0.416 e. The molecule has 2 atom stereocenters. The lowest BCUT2D eigenvalue weighted by atomic mass is 9.97. The Labute approximate surface area is 118 Å². The number of benzene rings is 1. The second-order valence-corrected chi connectivity index (χ2v) is 4.86. The summed E-state index contributed by atoms with van der Waals surface area (Å²) in [5.74, 6) is 0. The van der Waals surface area contributed by atoms with Crippen molar-refractivity contribution in [3.05, 3.63) is 35.4 Å². The first-order valence-corrected chi connectivity index (χ1v) is 6.78. The number of hydrogen-bond acceptors (Lipinski definition) is 2. The Bertz CT molecular complexity index is 406. The topological polar surface area (TPSA) is 21.3 Å². The molecule has 0 saturated heterocycles. The Morgan fingerprint density at radius 3 is 2.50 bits per heavy atom. The van der Waals surface area contributed by atoms with Crippen LogP contribution < -0.4 is 5.32 Å². The first-order valence-electron chi connectivity index (χ1n) is 6.78. The van der Waals surface area contributed by atoms with Crippen LogP contribution in [0.2, 0.25) is 0 Å². The van der Waals surface area contributed by atoms with Gasteiger partial charge in [-0.05, 0) is 31.5 Å². The molecule has 0 aromatic heterocycles. The van der Waals surface area contributed by atoms with Gasteiger partial charge in [-0.25, -0.2) is 0 Å². The standard InChI is InChI=1S/C15H22F3NO/c1-4-6-14(20-3)13(19-2)10-11-7-5-8-12(9-11)15(16,17)18/h5,7-9,13-14,19H,4,6,10H2,1-3H3. The fourth-order valence-electron chi connectivity index (χ4n) is 2.32. The summed E-state index contributed by atoms with van der Waals surface area (Å²) in [5.41, 5.74) is 0.0617. The summed E-state index contributed by atoms with van der Waals surface area (Å²) < 4.78 is 43.5. The molecule has 0 saturated carbocycles. The lowest BCUT2D eigenvalue weighted by Crippen LogP contribution is -2.40. The number of hydrogen-bond donors (Lipinski definition) is 1. The van der Waals surface area contributed by atoms with Crippen molar-refractivity contribution in [3.63, 3.8) is 0 Å². The molecule has 1 aromatic carbocycles. The van der Waals surface area contributed by atoms with Gasteiger partial charge in [0.05, 0.1) is 11.7 Å². The zero-order valence-electron chi connectivity index (χ0n) is 12.1. The van der Waals surface area contributed by atoms with Gasteiger partial charge >= 0.3 is 6.18 Å². The lowest BCUT2D eigenvalue weighted by Gasteiger charge is -2.25. The molecule has 0 fully saturated rings. The summed E-state index contributed by atoms with van der Waals surface area (Å²) in [6, 6.07) is 5.48. The van der Waals surface area contributed by atoms with Gasteiger partial charge in [0, 0.05) is 13.2 Å². The fraction of sp³-hybridized carbons (Fsp3) is 0.600. The predicted molar refractivity (Wildman–Crippen MR) is 73.7 cm³/mol. The van der Waals surface area contributed by atoms with E-state index in [0.29, 0.717) is 12.0 Å². The molecule has 1 N–H and O–H groups in total. The molecule has 1 rings (SSSR count). The van der Waals surface area contributed by atoms with Gasteiger partial charge in [0.15, 0.2) is 0 Å². The maximum atomic E-state index is 12.7. The number of likely N-dealkylation sites (N-methyl/N-ethyl adjacent to an activating group) is 1. The van der Waals surface area contributed by atoms with Crippen molar-refractivity contribution in [3.8, 4) is 0 Å². The second-order valence-electron chi connectivity index (χ2n) is 4.86. The van der Waals surface area contributed by atoms with E-state index in [1.54, 1.807) is 20.2 Å². The molecule has 0 aliphatic heterocycles. The van der Waals surface area contributed by atoms with Crippen LogP contribution in [0.25, 0.3) is 0 Å². The molecule has 2 nitrogen and oxygen atoms in total. The minimum atomic E-state index is -4.30. The van der Waals surface area contributed by atoms with Gasteiger partial charge in [-0.15, -0.1) is 0 Å². The van der Waals surface area contributed by atoms with Crippen LogP contribution in [0.1, 0.15) is 30.9 Å². The highest BCUT2D eigenvalue weighted by Crippen LogP contribution is 2.29. The van der Waals surface area contributed by atoms with Crippen molar-refractivity contribution >= 4 is 0 Å². The summed E-state index contributed by atoms with van der Waals surface area (Å²) in [6.45, 7) is 2.06. The van der Waals surface area contributed by atoms with Gasteiger partial charge in [-0.1, -0.05) is 31.5 Å². The van der Waals surface area contributed by atoms with Gasteiger partial charge in [0.25, 0.3) is 0 Å². The quantitative estimate of drug-likeness (QED) is 0.827. The average Bonchev–Trinajstić information content (AvgIpc) is 2.42. The SMILES string of the molecule is CCCC(OC)C(Cc1cccc(C(F)(F)F)c1)NC. The van der Waals surface area contributed by atoms with E-state index in [0.717, 1.165) is 18.9 Å². The molecule has 0 spiro atoms. The van der Waals surface area contributed by atoms with Crippen LogP contribution in [0.4, 0.5) is 13.2 Å². The van der Waals surface area contributed by atoms with Crippen LogP contribution in [0.15, 0.2) is 24.3 Å². The third kappa shape index (κ3) is 4.80. The Hall–Kier alpha value is -1.07. The van der Waals surface area contributed by atoms with Crippen LogP contribution in [0, 0.1) is 0 Å². The van der Waals surface area contributed by atoms with Gasteiger partial charge in [0.2, 0.25) is 0 Å². The van der Waals surface area contributed by atoms with Crippen molar-refractivity contribution in [2.24, 2.45) is 0 Å². The third-order valence-corrected chi connectivity index (χ3v) is 3.41. The highest BCUT2D eigenvalue weighted by atomic mass is 19.4. The smallest absolute Gasteiger partial charge is 0.380 e. The Kier molecular flexibility index (Phi) is 6.49. The number of nitrogens with one attached hydrogen (secondary N) is 1. The van der Waals surface area contributed by atoms with E-state index in [1.807, 2.05) is 0 Å². The van der Waals surface area contributed by atoms with E-state index in [9.17, 15) is 13.2 Å². The zero-order chi connectivity index (χ0) is 15.2. The molecule has 0 bridgehead atoms. The van der Waals surface area contributed by atoms with E-state index < -0.39 is 11.7 Å². The Morgan fingerprint density at radius 1 is 1.30 bits per heavy atom. The summed E-state index contributed by atoms with van der Waals surface area (Å²) in [4.78, 5) is 0. The zero-order valence-corrected chi connectivity index (χ0v) is 12.1. The molecule has 0 aliphatic rings. The summed E-state index contributed by atoms with van der Waals surface area (Å²) in [7, 11) is 3.44. The summed E-state index contributed by atoms with van der Waals surface area (Å²) in [6.07, 6.45) is -1.94. The predicted octanol–water partition coefficient (Wildman–Crippen LogP) is 3.65. The molecular weight excluding hydrogens is 267 g/mol. The molecule has 0 amide bonds. The Balaban J connectivity index is 2.84. The van der Waals surface area contributed by atoms with Crippen molar-refractivity contribution in [2.45, 2.75) is 44.5 Å². The minimum absolute atomic E-state index is 0.000423. The second kappa shape index (κ2) is 7.64. The molecule has 0 aliphatic carbocycles. The number of alkyl halides is 3. The fourth-order valence-corrected chi connectivity index (χ4v) is 2.32. The normalized spacial score (nSPS) is 15.1. The molecule has 2 unspecified atom stereocenters. The van der Waals surface area contributed by atoms with Gasteiger partial charge in [-0.2, -0.15) is 13.2 Å². The molecule has 0 heterocycles. The molecular formula is C15H22F3NO. The summed E-state index contributed by atoms with van der Waals surface area (Å²) >= 11 is 0. The third-order valence-electron chi connectivity index (χ3n) is 3.41. The summed E-state index contributed by atoms with van der Waals surface area (Å²) in [5, 5.41) is 3.14. The van der Waals surface area contributed by atoms with Gasteiger partial charge in [-0.3, -0.25) is 0 Å². The van der Waals surface area contributed by atoms with Crippen molar-refractivity contribution in [1.29, 1.82) is 0 Å². The van der Waals surface area contributed by atoms with Crippen LogP contribution in [-0.4, -0.2) is 26.3 Å². The Morgan fingerprint density at radius 2 is 2.00 bits per heavy atom. The van der Waals surface area contributed by atoms with E-state index in [2.05, 4.69) is 12.2 Å². The molecule has 0 radical (unpaired) electrons. The van der Waals surface area contributed by atoms with Crippen LogP contribution in [0.3, 0.4) is 0 Å². The highest BCUT2D eigenvalue weighted by molar-refractivity contribution is 5.26. The lowest BCUT2D eigenvalue weighted by molar-refractivity contribution is -0.137. The van der Waals surface area contributed by atoms with Crippen LogP contribution in [-0.2, 0) is 17.3 Å². The minimum Gasteiger partial charge on any atom is -0.380 e. The first kappa shape index (κ1) is 17.0. The van der Waals surface area contributed by atoms with E-state index in [4.69, 9.17) is 4.74 Å². The molecule has 114 valence electrons. The van der Waals surface area contributed by atoms with E-state index in [1.165, 1.54) is 12.1 Å². The number of ether oxygens (including phenoxy) is 1. The average molecular weight is 289 g/mol. The van der Waals surface area contributed by atoms with Gasteiger partial charge < -0.3 is 10.1 Å². The highest BCUT2D eigenvalue weighted by Gasteiger charge is 2.30. The van der Waals surface area contributed by atoms with Crippen molar-refractivity contribution < 1.29 is 17.9 Å².